The largest absolute Gasteiger partial charge is 0.478 e. The first-order valence-corrected chi connectivity index (χ1v) is 5.92. The molecule has 2 heterocycles. The SMILES string of the molecule is Cc1c(C(=O)O)ccc2c1nc(Cl)c1nnc(C)n12. The van der Waals surface area contributed by atoms with Crippen molar-refractivity contribution in [1.29, 1.82) is 0 Å². The van der Waals surface area contributed by atoms with Crippen LogP contribution >= 0.6 is 11.6 Å². The van der Waals surface area contributed by atoms with Crippen LogP contribution in [-0.4, -0.2) is 30.7 Å². The Morgan fingerprint density at radius 3 is 2.74 bits per heavy atom. The Labute approximate surface area is 112 Å². The Bertz CT molecular complexity index is 841. The van der Waals surface area contributed by atoms with Crippen molar-refractivity contribution in [2.45, 2.75) is 13.8 Å². The van der Waals surface area contributed by atoms with Crippen LogP contribution in [0, 0.1) is 13.8 Å². The third-order valence-electron chi connectivity index (χ3n) is 3.10. The average molecular weight is 277 g/mol. The number of hydrogen-bond donors (Lipinski definition) is 1. The normalized spacial score (nSPS) is 11.3. The van der Waals surface area contributed by atoms with Gasteiger partial charge in [-0.2, -0.15) is 0 Å². The maximum atomic E-state index is 11.1. The maximum absolute atomic E-state index is 11.1. The summed E-state index contributed by atoms with van der Waals surface area (Å²) in [6, 6.07) is 3.24. The molecule has 0 amide bonds. The number of hydrogen-bond acceptors (Lipinski definition) is 4. The van der Waals surface area contributed by atoms with Gasteiger partial charge < -0.3 is 5.11 Å². The van der Waals surface area contributed by atoms with E-state index in [1.807, 2.05) is 0 Å². The van der Waals surface area contributed by atoms with E-state index in [9.17, 15) is 4.79 Å². The molecule has 96 valence electrons. The van der Waals surface area contributed by atoms with Crippen molar-refractivity contribution in [3.8, 4) is 0 Å². The summed E-state index contributed by atoms with van der Waals surface area (Å²) < 4.78 is 1.77. The number of aromatic carboxylic acids is 1. The van der Waals surface area contributed by atoms with E-state index in [-0.39, 0.29) is 10.7 Å². The zero-order valence-electron chi connectivity index (χ0n) is 10.2. The molecule has 7 heteroatoms. The second-order valence-electron chi connectivity index (χ2n) is 4.22. The monoisotopic (exact) mass is 276 g/mol. The van der Waals surface area contributed by atoms with Crippen molar-refractivity contribution in [2.24, 2.45) is 0 Å². The Morgan fingerprint density at radius 1 is 1.32 bits per heavy atom. The highest BCUT2D eigenvalue weighted by Gasteiger charge is 2.16. The summed E-state index contributed by atoms with van der Waals surface area (Å²) in [5.41, 5.74) is 2.53. The number of carboxylic acid groups (broad SMARTS) is 1. The van der Waals surface area contributed by atoms with E-state index in [0.29, 0.717) is 22.6 Å². The van der Waals surface area contributed by atoms with E-state index < -0.39 is 5.97 Å². The zero-order chi connectivity index (χ0) is 13.7. The number of carbonyl (C=O) groups is 1. The van der Waals surface area contributed by atoms with Gasteiger partial charge in [-0.1, -0.05) is 11.6 Å². The lowest BCUT2D eigenvalue weighted by Crippen LogP contribution is -2.03. The third-order valence-corrected chi connectivity index (χ3v) is 3.35. The van der Waals surface area contributed by atoms with E-state index in [4.69, 9.17) is 16.7 Å². The molecule has 1 aromatic carbocycles. The summed E-state index contributed by atoms with van der Waals surface area (Å²) in [4.78, 5) is 15.4. The topological polar surface area (TPSA) is 80.4 Å². The summed E-state index contributed by atoms with van der Waals surface area (Å²) in [5, 5.41) is 17.3. The number of fused-ring (bicyclic) bond motifs is 3. The minimum absolute atomic E-state index is 0.207. The first kappa shape index (κ1) is 11.9. The van der Waals surface area contributed by atoms with Crippen LogP contribution in [0.25, 0.3) is 16.7 Å². The molecule has 0 saturated heterocycles. The van der Waals surface area contributed by atoms with Gasteiger partial charge in [0.2, 0.25) is 0 Å². The molecule has 3 rings (SSSR count). The lowest BCUT2D eigenvalue weighted by atomic mass is 10.1. The van der Waals surface area contributed by atoms with Crippen molar-refractivity contribution in [3.05, 3.63) is 34.2 Å². The number of nitrogens with zero attached hydrogens (tertiary/aromatic N) is 4. The van der Waals surface area contributed by atoms with Gasteiger partial charge in [0.05, 0.1) is 16.6 Å². The van der Waals surface area contributed by atoms with Crippen molar-refractivity contribution in [2.75, 3.05) is 0 Å². The molecule has 0 aliphatic carbocycles. The standard InChI is InChI=1S/C12H9ClN4O2/c1-5-7(12(18)19)3-4-8-9(5)14-10(13)11-16-15-6(2)17(8)11/h3-4H,1-2H3,(H,18,19). The van der Waals surface area contributed by atoms with E-state index in [1.54, 1.807) is 30.4 Å². The summed E-state index contributed by atoms with van der Waals surface area (Å²) in [7, 11) is 0. The molecular weight excluding hydrogens is 268 g/mol. The second-order valence-corrected chi connectivity index (χ2v) is 4.58. The van der Waals surface area contributed by atoms with E-state index >= 15 is 0 Å². The maximum Gasteiger partial charge on any atom is 0.336 e. The first-order chi connectivity index (χ1) is 9.00. The molecule has 0 atom stereocenters. The third kappa shape index (κ3) is 1.57. The summed E-state index contributed by atoms with van der Waals surface area (Å²) in [6.07, 6.45) is 0. The molecule has 19 heavy (non-hydrogen) atoms. The van der Waals surface area contributed by atoms with Crippen LogP contribution in [-0.2, 0) is 0 Å². The highest BCUT2D eigenvalue weighted by atomic mass is 35.5. The Morgan fingerprint density at radius 2 is 2.05 bits per heavy atom. The Hall–Kier alpha value is -2.21. The quantitative estimate of drug-likeness (QED) is 0.737. The molecular formula is C12H9ClN4O2. The molecule has 2 aromatic heterocycles. The molecule has 0 aliphatic rings. The zero-order valence-corrected chi connectivity index (χ0v) is 10.9. The van der Waals surface area contributed by atoms with E-state index in [1.165, 1.54) is 0 Å². The average Bonchev–Trinajstić information content (AvgIpc) is 2.74. The van der Waals surface area contributed by atoms with Crippen LogP contribution in [0.15, 0.2) is 12.1 Å². The molecule has 1 N–H and O–H groups in total. The van der Waals surface area contributed by atoms with Crippen molar-refractivity contribution >= 4 is 34.3 Å². The Kier molecular flexibility index (Phi) is 2.43. The fourth-order valence-electron chi connectivity index (χ4n) is 2.17. The molecule has 0 aliphatic heterocycles. The van der Waals surface area contributed by atoms with Gasteiger partial charge in [0.15, 0.2) is 10.8 Å². The highest BCUT2D eigenvalue weighted by Crippen LogP contribution is 2.25. The van der Waals surface area contributed by atoms with Gasteiger partial charge in [0.1, 0.15) is 5.82 Å². The Balaban J connectivity index is 2.56. The molecule has 0 unspecified atom stereocenters. The molecule has 0 fully saturated rings. The number of aryl methyl sites for hydroxylation is 2. The van der Waals surface area contributed by atoms with Crippen LogP contribution in [0.1, 0.15) is 21.7 Å². The molecule has 0 spiro atoms. The van der Waals surface area contributed by atoms with Gasteiger partial charge in [-0.3, -0.25) is 4.40 Å². The smallest absolute Gasteiger partial charge is 0.336 e. The van der Waals surface area contributed by atoms with Gasteiger partial charge in [-0.05, 0) is 31.5 Å². The van der Waals surface area contributed by atoms with E-state index in [0.717, 1.165) is 5.52 Å². The van der Waals surface area contributed by atoms with Crippen LogP contribution < -0.4 is 0 Å². The number of halogens is 1. The van der Waals surface area contributed by atoms with Crippen molar-refractivity contribution < 1.29 is 9.90 Å². The fraction of sp³-hybridized carbons (Fsp3) is 0.167. The number of carboxylic acids is 1. The lowest BCUT2D eigenvalue weighted by Gasteiger charge is -2.08. The van der Waals surface area contributed by atoms with Crippen LogP contribution in [0.2, 0.25) is 5.15 Å². The molecule has 0 bridgehead atoms. The predicted molar refractivity (Wildman–Crippen MR) is 69.7 cm³/mol. The summed E-state index contributed by atoms with van der Waals surface area (Å²) in [6.45, 7) is 3.51. The molecule has 0 saturated carbocycles. The molecule has 0 radical (unpaired) electrons. The van der Waals surface area contributed by atoms with Crippen LogP contribution in [0.4, 0.5) is 0 Å². The minimum atomic E-state index is -0.988. The molecule has 6 nitrogen and oxygen atoms in total. The second kappa shape index (κ2) is 3.89. The van der Waals surface area contributed by atoms with Crippen LogP contribution in [0.3, 0.4) is 0 Å². The van der Waals surface area contributed by atoms with Gasteiger partial charge in [0.25, 0.3) is 0 Å². The van der Waals surface area contributed by atoms with Gasteiger partial charge >= 0.3 is 5.97 Å². The van der Waals surface area contributed by atoms with Crippen molar-refractivity contribution in [3.63, 3.8) is 0 Å². The molecule has 3 aromatic rings. The number of aromatic nitrogens is 4. The van der Waals surface area contributed by atoms with Crippen LogP contribution in [0.5, 0.6) is 0 Å². The fourth-order valence-corrected chi connectivity index (χ4v) is 2.38. The number of benzene rings is 1. The minimum Gasteiger partial charge on any atom is -0.478 e. The first-order valence-electron chi connectivity index (χ1n) is 5.54. The predicted octanol–water partition coefficient (Wildman–Crippen LogP) is 2.25. The van der Waals surface area contributed by atoms with Crippen molar-refractivity contribution in [1.82, 2.24) is 19.6 Å². The number of rotatable bonds is 1. The summed E-state index contributed by atoms with van der Waals surface area (Å²) in [5.74, 6) is -0.315. The van der Waals surface area contributed by atoms with E-state index in [2.05, 4.69) is 15.2 Å². The van der Waals surface area contributed by atoms with Gasteiger partial charge in [-0.25, -0.2) is 9.78 Å². The summed E-state index contributed by atoms with van der Waals surface area (Å²) >= 11 is 6.07. The van der Waals surface area contributed by atoms with Gasteiger partial charge in [0, 0.05) is 0 Å². The van der Waals surface area contributed by atoms with Gasteiger partial charge in [-0.15, -0.1) is 10.2 Å². The highest BCUT2D eigenvalue weighted by molar-refractivity contribution is 6.32. The lowest BCUT2D eigenvalue weighted by molar-refractivity contribution is 0.0696.